The van der Waals surface area contributed by atoms with Crippen LogP contribution in [0.15, 0.2) is 36.4 Å². The lowest BCUT2D eigenvalue weighted by atomic mass is 9.72. The second-order valence-corrected chi connectivity index (χ2v) is 13.6. The Morgan fingerprint density at radius 3 is 2.64 bits per heavy atom. The summed E-state index contributed by atoms with van der Waals surface area (Å²) in [6.45, 7) is 4.01. The molecule has 8 rings (SSSR count). The number of hydrogen-bond acceptors (Lipinski definition) is 9. The molecular weight excluding hydrogens is 598 g/mol. The highest BCUT2D eigenvalue weighted by atomic mass is 32.1. The van der Waals surface area contributed by atoms with Crippen LogP contribution >= 0.6 is 11.3 Å². The number of rotatable bonds is 5. The first kappa shape index (κ1) is 28.3. The van der Waals surface area contributed by atoms with Crippen molar-refractivity contribution in [2.45, 2.75) is 25.4 Å². The number of thiazole rings is 1. The van der Waals surface area contributed by atoms with Crippen molar-refractivity contribution in [2.24, 2.45) is 11.3 Å². The third kappa shape index (κ3) is 4.56. The number of pyridine rings is 1. The molecule has 1 spiro atoms. The van der Waals surface area contributed by atoms with Crippen molar-refractivity contribution < 1.29 is 23.4 Å². The van der Waals surface area contributed by atoms with Crippen LogP contribution in [0.5, 0.6) is 0 Å². The van der Waals surface area contributed by atoms with E-state index < -0.39 is 11.9 Å². The van der Waals surface area contributed by atoms with Gasteiger partial charge in [0, 0.05) is 67.4 Å². The molecule has 4 aliphatic rings. The van der Waals surface area contributed by atoms with Crippen LogP contribution in [-0.4, -0.2) is 72.3 Å². The number of fused-ring (bicyclic) bond motifs is 2. The number of carbonyl (C=O) groups is 1. The van der Waals surface area contributed by atoms with Crippen molar-refractivity contribution in [3.8, 4) is 17.3 Å². The van der Waals surface area contributed by atoms with E-state index in [-0.39, 0.29) is 28.6 Å². The number of benzene rings is 2. The van der Waals surface area contributed by atoms with Gasteiger partial charge in [0.2, 0.25) is 5.91 Å². The van der Waals surface area contributed by atoms with Gasteiger partial charge in [0.1, 0.15) is 28.0 Å². The Balaban J connectivity index is 1.13. The minimum atomic E-state index is -0.799. The number of likely N-dealkylation sites (tertiary alicyclic amines) is 1. The molecule has 1 aliphatic carbocycles. The smallest absolute Gasteiger partial charge is 0.228 e. The number of anilines is 3. The Morgan fingerprint density at radius 1 is 1.16 bits per heavy atom. The lowest BCUT2D eigenvalue weighted by molar-refractivity contribution is -0.149. The third-order valence-corrected chi connectivity index (χ3v) is 10.7. The van der Waals surface area contributed by atoms with Gasteiger partial charge in [-0.1, -0.05) is 11.3 Å². The predicted octanol–water partition coefficient (Wildman–Crippen LogP) is 4.94. The van der Waals surface area contributed by atoms with Gasteiger partial charge >= 0.3 is 0 Å². The van der Waals surface area contributed by atoms with Crippen molar-refractivity contribution in [1.82, 2.24) is 14.9 Å². The molecule has 3 saturated heterocycles. The molecule has 0 bridgehead atoms. The fourth-order valence-corrected chi connectivity index (χ4v) is 8.19. The summed E-state index contributed by atoms with van der Waals surface area (Å²) in [6.07, 6.45) is 1.02. The van der Waals surface area contributed by atoms with Crippen molar-refractivity contribution >= 4 is 44.7 Å². The van der Waals surface area contributed by atoms with E-state index in [1.165, 1.54) is 29.5 Å². The Kier molecular flexibility index (Phi) is 6.57. The van der Waals surface area contributed by atoms with E-state index >= 15 is 4.39 Å². The molecule has 45 heavy (non-hydrogen) atoms. The summed E-state index contributed by atoms with van der Waals surface area (Å²) in [5.74, 6) is -0.719. The summed E-state index contributed by atoms with van der Waals surface area (Å²) in [6, 6.07) is 11.5. The first-order valence-corrected chi connectivity index (χ1v) is 15.9. The molecular formula is C33H30F2N6O3S. The van der Waals surface area contributed by atoms with Crippen LogP contribution in [0.3, 0.4) is 0 Å². The molecule has 12 heteroatoms. The van der Waals surface area contributed by atoms with Gasteiger partial charge in [-0.15, -0.1) is 0 Å². The molecule has 4 aromatic rings. The number of aliphatic hydroxyl groups excluding tert-OH is 1. The monoisotopic (exact) mass is 628 g/mol. The molecule has 2 aromatic carbocycles. The van der Waals surface area contributed by atoms with Gasteiger partial charge in [0.15, 0.2) is 10.9 Å². The van der Waals surface area contributed by atoms with E-state index in [1.807, 2.05) is 22.9 Å². The SMILES string of the molecule is CN(c1nc(-c2ccc(F)cc2)c(C#N)s1)c1c2c(nc3c(F)cc(N4CC5(CN(C(=O)[C@@H]6CCOC6)C5)C4)cc13)[C@H](O)CC2. The highest BCUT2D eigenvalue weighted by Crippen LogP contribution is 2.48. The minimum absolute atomic E-state index is 0.0197. The molecule has 2 atom stereocenters. The maximum absolute atomic E-state index is 15.9. The highest BCUT2D eigenvalue weighted by Gasteiger charge is 2.54. The lowest BCUT2D eigenvalue weighted by Gasteiger charge is -2.61. The van der Waals surface area contributed by atoms with Gasteiger partial charge in [-0.3, -0.25) is 4.79 Å². The first-order chi connectivity index (χ1) is 21.7. The van der Waals surface area contributed by atoms with Gasteiger partial charge in [0.05, 0.1) is 30.0 Å². The van der Waals surface area contributed by atoms with Crippen LogP contribution in [-0.2, 0) is 16.0 Å². The molecule has 0 saturated carbocycles. The van der Waals surface area contributed by atoms with Crippen LogP contribution in [0.1, 0.15) is 35.1 Å². The van der Waals surface area contributed by atoms with Crippen LogP contribution in [0.25, 0.3) is 22.2 Å². The fourth-order valence-electron chi connectivity index (χ4n) is 7.34. The van der Waals surface area contributed by atoms with Gasteiger partial charge < -0.3 is 24.5 Å². The maximum atomic E-state index is 15.9. The Labute approximate surface area is 262 Å². The number of hydrogen-bond donors (Lipinski definition) is 1. The average Bonchev–Trinajstić information content (AvgIpc) is 3.76. The Morgan fingerprint density at radius 2 is 1.93 bits per heavy atom. The zero-order chi connectivity index (χ0) is 31.0. The minimum Gasteiger partial charge on any atom is -0.387 e. The quantitative estimate of drug-likeness (QED) is 0.332. The summed E-state index contributed by atoms with van der Waals surface area (Å²) in [5, 5.41) is 21.8. The highest BCUT2D eigenvalue weighted by molar-refractivity contribution is 7.16. The van der Waals surface area contributed by atoms with E-state index in [0.29, 0.717) is 77.2 Å². The molecule has 5 heterocycles. The molecule has 230 valence electrons. The maximum Gasteiger partial charge on any atom is 0.228 e. The van der Waals surface area contributed by atoms with Gasteiger partial charge in [0.25, 0.3) is 0 Å². The summed E-state index contributed by atoms with van der Waals surface area (Å²) in [4.78, 5) is 28.5. The summed E-state index contributed by atoms with van der Waals surface area (Å²) in [7, 11) is 1.83. The second-order valence-electron chi connectivity index (χ2n) is 12.7. The number of aliphatic hydroxyl groups is 1. The Hall–Kier alpha value is -4.18. The van der Waals surface area contributed by atoms with Crippen LogP contribution in [0.2, 0.25) is 0 Å². The fraction of sp³-hybridized carbons (Fsp3) is 0.394. The van der Waals surface area contributed by atoms with E-state index in [9.17, 15) is 19.6 Å². The normalized spacial score (nSPS) is 21.5. The second kappa shape index (κ2) is 10.4. The largest absolute Gasteiger partial charge is 0.387 e. The first-order valence-electron chi connectivity index (χ1n) is 15.1. The average molecular weight is 629 g/mol. The van der Waals surface area contributed by atoms with Crippen LogP contribution < -0.4 is 9.80 Å². The van der Waals surface area contributed by atoms with Gasteiger partial charge in [-0.2, -0.15) is 5.26 Å². The molecule has 2 aromatic heterocycles. The number of halogens is 2. The molecule has 1 N–H and O–H groups in total. The summed E-state index contributed by atoms with van der Waals surface area (Å²) >= 11 is 1.20. The summed E-state index contributed by atoms with van der Waals surface area (Å²) in [5.41, 5.74) is 3.99. The zero-order valence-electron chi connectivity index (χ0n) is 24.6. The Bertz CT molecular complexity index is 1890. The number of nitrogens with zero attached hydrogens (tertiary/aromatic N) is 6. The molecule has 9 nitrogen and oxygen atoms in total. The number of carbonyl (C=O) groups excluding carboxylic acids is 1. The standard InChI is InChI=1S/C33H30F2N6O3S/c1-39(32-38-27(26(12-36)45-32)18-2-4-20(34)5-3-18)30-22-6-7-25(42)29(22)37-28-23(30)10-21(11-24(28)35)40-14-33(15-40)16-41(17-33)31(43)19-8-9-44-13-19/h2-5,10-11,19,25,42H,6-9,13-17H2,1H3/t19-,25-/m1/s1. The zero-order valence-corrected chi connectivity index (χ0v) is 25.4. The number of amides is 1. The van der Waals surface area contributed by atoms with Crippen molar-refractivity contribution in [2.75, 3.05) is 56.2 Å². The van der Waals surface area contributed by atoms with Crippen molar-refractivity contribution in [3.05, 3.63) is 64.2 Å². The molecule has 0 unspecified atom stereocenters. The summed E-state index contributed by atoms with van der Waals surface area (Å²) < 4.78 is 34.9. The molecule has 3 fully saturated rings. The predicted molar refractivity (Wildman–Crippen MR) is 165 cm³/mol. The van der Waals surface area contributed by atoms with Gasteiger partial charge in [-0.05, 0) is 55.7 Å². The van der Waals surface area contributed by atoms with E-state index in [4.69, 9.17) is 9.72 Å². The number of nitriles is 1. The van der Waals surface area contributed by atoms with E-state index in [2.05, 4.69) is 16.0 Å². The van der Waals surface area contributed by atoms with Crippen LogP contribution in [0, 0.1) is 34.3 Å². The topological polar surface area (TPSA) is 106 Å². The van der Waals surface area contributed by atoms with Crippen molar-refractivity contribution in [3.63, 3.8) is 0 Å². The van der Waals surface area contributed by atoms with Crippen LogP contribution in [0.4, 0.5) is 25.3 Å². The lowest BCUT2D eigenvalue weighted by Crippen LogP contribution is -2.73. The number of aromatic nitrogens is 2. The molecule has 1 amide bonds. The van der Waals surface area contributed by atoms with E-state index in [0.717, 1.165) is 30.8 Å². The van der Waals surface area contributed by atoms with Crippen molar-refractivity contribution in [1.29, 1.82) is 5.26 Å². The van der Waals surface area contributed by atoms with Gasteiger partial charge in [-0.25, -0.2) is 18.7 Å². The number of ether oxygens (including phenoxy) is 1. The third-order valence-electron chi connectivity index (χ3n) is 9.63. The molecule has 3 aliphatic heterocycles. The molecule has 0 radical (unpaired) electrons. The van der Waals surface area contributed by atoms with E-state index in [1.54, 1.807) is 12.1 Å².